The topological polar surface area (TPSA) is 41.1 Å². The van der Waals surface area contributed by atoms with E-state index in [9.17, 15) is 9.18 Å². The second-order valence-corrected chi connectivity index (χ2v) is 5.58. The Morgan fingerprint density at radius 1 is 1.23 bits per heavy atom. The van der Waals surface area contributed by atoms with Crippen LogP contribution in [-0.4, -0.2) is 12.5 Å². The molecule has 22 heavy (non-hydrogen) atoms. The van der Waals surface area contributed by atoms with E-state index in [0.29, 0.717) is 17.3 Å². The molecule has 0 heterocycles. The van der Waals surface area contributed by atoms with E-state index in [1.54, 1.807) is 12.1 Å². The number of hydrogen-bond donors (Lipinski definition) is 2. The normalized spacial score (nSPS) is 10.4. The first-order valence-electron chi connectivity index (χ1n) is 7.02. The fourth-order valence-electron chi connectivity index (χ4n) is 2.23. The predicted molar refractivity (Wildman–Crippen MR) is 89.1 cm³/mol. The highest BCUT2D eigenvalue weighted by molar-refractivity contribution is 6.33. The van der Waals surface area contributed by atoms with Crippen molar-refractivity contribution in [1.29, 1.82) is 0 Å². The highest BCUT2D eigenvalue weighted by Crippen LogP contribution is 2.27. The summed E-state index contributed by atoms with van der Waals surface area (Å²) in [5.41, 5.74) is 3.42. The molecule has 1 amide bonds. The number of hydrogen-bond acceptors (Lipinski definition) is 2. The maximum absolute atomic E-state index is 13.0. The van der Waals surface area contributed by atoms with Crippen LogP contribution in [0.2, 0.25) is 5.02 Å². The van der Waals surface area contributed by atoms with Crippen LogP contribution in [0.25, 0.3) is 0 Å². The van der Waals surface area contributed by atoms with E-state index in [0.717, 1.165) is 16.8 Å². The first kappa shape index (κ1) is 16.3. The molecule has 0 atom stereocenters. The molecule has 0 saturated heterocycles. The summed E-state index contributed by atoms with van der Waals surface area (Å²) in [6.45, 7) is 4.40. The summed E-state index contributed by atoms with van der Waals surface area (Å²) >= 11 is 6.19. The quantitative estimate of drug-likeness (QED) is 0.849. The van der Waals surface area contributed by atoms with Gasteiger partial charge in [0.15, 0.2) is 0 Å². The highest BCUT2D eigenvalue weighted by atomic mass is 35.5. The van der Waals surface area contributed by atoms with E-state index in [2.05, 4.69) is 10.6 Å². The van der Waals surface area contributed by atoms with Crippen molar-refractivity contribution < 1.29 is 9.18 Å². The summed E-state index contributed by atoms with van der Waals surface area (Å²) in [7, 11) is 0. The molecule has 2 aromatic rings. The van der Waals surface area contributed by atoms with E-state index >= 15 is 0 Å². The van der Waals surface area contributed by atoms with Gasteiger partial charge < -0.3 is 10.6 Å². The summed E-state index contributed by atoms with van der Waals surface area (Å²) in [4.78, 5) is 11.8. The molecule has 0 aliphatic rings. The maximum atomic E-state index is 13.0. The van der Waals surface area contributed by atoms with Crippen molar-refractivity contribution in [2.45, 2.75) is 20.3 Å². The van der Waals surface area contributed by atoms with E-state index < -0.39 is 0 Å². The van der Waals surface area contributed by atoms with Gasteiger partial charge in [-0.25, -0.2) is 4.39 Å². The molecule has 5 heteroatoms. The number of aryl methyl sites for hydroxylation is 2. The molecular formula is C17H18ClFN2O. The number of benzene rings is 2. The highest BCUT2D eigenvalue weighted by Gasteiger charge is 2.07. The number of carbonyl (C=O) groups is 1. The predicted octanol–water partition coefficient (Wildman–Crippen LogP) is 4.54. The lowest BCUT2D eigenvalue weighted by Crippen LogP contribution is -2.16. The molecule has 3 nitrogen and oxygen atoms in total. The zero-order valence-electron chi connectivity index (χ0n) is 12.5. The van der Waals surface area contributed by atoms with E-state index in [-0.39, 0.29) is 18.1 Å². The Bertz CT molecular complexity index is 665. The van der Waals surface area contributed by atoms with Crippen molar-refractivity contribution in [2.24, 2.45) is 0 Å². The minimum Gasteiger partial charge on any atom is -0.383 e. The third-order valence-corrected chi connectivity index (χ3v) is 3.49. The molecule has 0 fully saturated rings. The van der Waals surface area contributed by atoms with Crippen molar-refractivity contribution in [3.63, 3.8) is 0 Å². The van der Waals surface area contributed by atoms with Gasteiger partial charge in [0.1, 0.15) is 5.82 Å². The van der Waals surface area contributed by atoms with Gasteiger partial charge in [0.05, 0.1) is 10.7 Å². The fourth-order valence-corrected chi connectivity index (χ4v) is 2.62. The van der Waals surface area contributed by atoms with Crippen LogP contribution < -0.4 is 10.6 Å². The number of halogens is 2. The molecular weight excluding hydrogens is 303 g/mol. The molecule has 0 aromatic heterocycles. The molecule has 2 N–H and O–H groups in total. The molecule has 116 valence electrons. The van der Waals surface area contributed by atoms with Gasteiger partial charge in [-0.3, -0.25) is 4.79 Å². The molecule has 0 saturated carbocycles. The Labute approximate surface area is 134 Å². The third-order valence-electron chi connectivity index (χ3n) is 3.19. The first-order valence-corrected chi connectivity index (χ1v) is 7.39. The lowest BCUT2D eigenvalue weighted by Gasteiger charge is -2.12. The molecule has 0 aliphatic heterocycles. The monoisotopic (exact) mass is 320 g/mol. The largest absolute Gasteiger partial charge is 0.383 e. The van der Waals surface area contributed by atoms with Gasteiger partial charge in [-0.15, -0.1) is 0 Å². The van der Waals surface area contributed by atoms with Gasteiger partial charge in [-0.2, -0.15) is 0 Å². The third kappa shape index (κ3) is 4.46. The average Bonchev–Trinajstić information content (AvgIpc) is 2.41. The van der Waals surface area contributed by atoms with Crippen LogP contribution in [0.4, 0.5) is 15.8 Å². The van der Waals surface area contributed by atoms with Gasteiger partial charge in [0.25, 0.3) is 0 Å². The number of rotatable bonds is 5. The van der Waals surface area contributed by atoms with Gasteiger partial charge in [0, 0.05) is 18.7 Å². The maximum Gasteiger partial charge on any atom is 0.226 e. The standard InChI is InChI=1S/C17H18ClFN2O/c1-11-8-12(2)17(15(18)9-11)20-7-6-16(22)21-14-5-3-4-13(19)10-14/h3-5,8-10,20H,6-7H2,1-2H3,(H,21,22). The molecule has 2 rings (SSSR count). The van der Waals surface area contributed by atoms with Crippen LogP contribution in [0, 0.1) is 19.7 Å². The SMILES string of the molecule is Cc1cc(C)c(NCCC(=O)Nc2cccc(F)c2)c(Cl)c1. The van der Waals surface area contributed by atoms with E-state index in [1.807, 2.05) is 26.0 Å². The lowest BCUT2D eigenvalue weighted by molar-refractivity contribution is -0.115. The summed E-state index contributed by atoms with van der Waals surface area (Å²) in [5, 5.41) is 6.47. The Hall–Kier alpha value is -2.07. The average molecular weight is 321 g/mol. The van der Waals surface area contributed by atoms with Crippen LogP contribution in [-0.2, 0) is 4.79 Å². The number of amides is 1. The molecule has 0 radical (unpaired) electrons. The van der Waals surface area contributed by atoms with E-state index in [1.165, 1.54) is 12.1 Å². The Balaban J connectivity index is 1.87. The molecule has 0 bridgehead atoms. The molecule has 0 spiro atoms. The zero-order chi connectivity index (χ0) is 16.1. The van der Waals surface area contributed by atoms with Crippen LogP contribution in [0.5, 0.6) is 0 Å². The van der Waals surface area contributed by atoms with Crippen LogP contribution >= 0.6 is 11.6 Å². The van der Waals surface area contributed by atoms with Crippen LogP contribution in [0.1, 0.15) is 17.5 Å². The van der Waals surface area contributed by atoms with Crippen LogP contribution in [0.15, 0.2) is 36.4 Å². The first-order chi connectivity index (χ1) is 10.5. The van der Waals surface area contributed by atoms with E-state index in [4.69, 9.17) is 11.6 Å². The van der Waals surface area contributed by atoms with Crippen molar-refractivity contribution in [3.05, 3.63) is 58.4 Å². The molecule has 2 aromatic carbocycles. The number of carbonyl (C=O) groups excluding carboxylic acids is 1. The van der Waals surface area contributed by atoms with Gasteiger partial charge in [-0.05, 0) is 49.2 Å². The number of anilines is 2. The smallest absolute Gasteiger partial charge is 0.226 e. The summed E-state index contributed by atoms with van der Waals surface area (Å²) in [6.07, 6.45) is 0.264. The second kappa shape index (κ2) is 7.27. The Morgan fingerprint density at radius 2 is 2.00 bits per heavy atom. The summed E-state index contributed by atoms with van der Waals surface area (Å²) < 4.78 is 13.0. The molecule has 0 unspecified atom stereocenters. The zero-order valence-corrected chi connectivity index (χ0v) is 13.3. The van der Waals surface area contributed by atoms with Crippen molar-refractivity contribution in [3.8, 4) is 0 Å². The van der Waals surface area contributed by atoms with Crippen molar-refractivity contribution in [1.82, 2.24) is 0 Å². The van der Waals surface area contributed by atoms with Gasteiger partial charge in [0.2, 0.25) is 5.91 Å². The Kier molecular flexibility index (Phi) is 5.39. The minimum absolute atomic E-state index is 0.181. The van der Waals surface area contributed by atoms with Crippen LogP contribution in [0.3, 0.4) is 0 Å². The van der Waals surface area contributed by atoms with Gasteiger partial charge in [-0.1, -0.05) is 23.7 Å². The van der Waals surface area contributed by atoms with Gasteiger partial charge >= 0.3 is 0 Å². The fraction of sp³-hybridized carbons (Fsp3) is 0.235. The summed E-state index contributed by atoms with van der Waals surface area (Å²) in [5.74, 6) is -0.558. The minimum atomic E-state index is -0.377. The molecule has 0 aliphatic carbocycles. The lowest BCUT2D eigenvalue weighted by atomic mass is 10.1. The van der Waals surface area contributed by atoms with Crippen molar-refractivity contribution >= 4 is 28.9 Å². The summed E-state index contributed by atoms with van der Waals surface area (Å²) in [6, 6.07) is 9.73. The Morgan fingerprint density at radius 3 is 2.68 bits per heavy atom. The second-order valence-electron chi connectivity index (χ2n) is 5.17. The number of nitrogens with one attached hydrogen (secondary N) is 2. The van der Waals surface area contributed by atoms with Crippen molar-refractivity contribution in [2.75, 3.05) is 17.2 Å².